The molecular formula is C17H12FN2O3-. The average molecular weight is 311 g/mol. The maximum absolute atomic E-state index is 13.1. The third-order valence-electron chi connectivity index (χ3n) is 3.48. The normalized spacial score (nSPS) is 10.8. The Morgan fingerprint density at radius 1 is 1.13 bits per heavy atom. The summed E-state index contributed by atoms with van der Waals surface area (Å²) in [6, 6.07) is 12.2. The van der Waals surface area contributed by atoms with Gasteiger partial charge in [0.2, 0.25) is 0 Å². The lowest BCUT2D eigenvalue weighted by molar-refractivity contribution is -0.305. The fourth-order valence-corrected chi connectivity index (χ4v) is 2.42. The van der Waals surface area contributed by atoms with Crippen molar-refractivity contribution in [3.8, 4) is 5.69 Å². The molecule has 0 saturated carbocycles. The SMILES string of the molecule is O=C([O-])CCc1nc2ccccc2c(=O)n1-c1ccc(F)cc1. The number of aliphatic carboxylic acids is 1. The number of aromatic nitrogens is 2. The number of para-hydroxylation sites is 1. The lowest BCUT2D eigenvalue weighted by Crippen LogP contribution is -2.27. The molecule has 5 nitrogen and oxygen atoms in total. The number of benzene rings is 2. The second-order valence-corrected chi connectivity index (χ2v) is 5.03. The number of carboxylic acids is 1. The molecule has 0 N–H and O–H groups in total. The van der Waals surface area contributed by atoms with Gasteiger partial charge in [-0.25, -0.2) is 9.37 Å². The smallest absolute Gasteiger partial charge is 0.265 e. The Morgan fingerprint density at radius 3 is 2.52 bits per heavy atom. The minimum atomic E-state index is -1.22. The molecule has 0 unspecified atom stereocenters. The largest absolute Gasteiger partial charge is 0.550 e. The van der Waals surface area contributed by atoms with E-state index >= 15 is 0 Å². The maximum Gasteiger partial charge on any atom is 0.265 e. The van der Waals surface area contributed by atoms with Crippen LogP contribution in [0.4, 0.5) is 4.39 Å². The van der Waals surface area contributed by atoms with Gasteiger partial charge in [0.1, 0.15) is 11.6 Å². The minimum Gasteiger partial charge on any atom is -0.550 e. The fourth-order valence-electron chi connectivity index (χ4n) is 2.42. The summed E-state index contributed by atoms with van der Waals surface area (Å²) in [5.74, 6) is -1.35. The van der Waals surface area contributed by atoms with E-state index in [1.807, 2.05) is 0 Å². The predicted octanol–water partition coefficient (Wildman–Crippen LogP) is 1.21. The van der Waals surface area contributed by atoms with Crippen molar-refractivity contribution >= 4 is 16.9 Å². The van der Waals surface area contributed by atoms with Gasteiger partial charge in [-0.2, -0.15) is 0 Å². The molecular weight excluding hydrogens is 299 g/mol. The molecule has 0 radical (unpaired) electrons. The maximum atomic E-state index is 13.1. The van der Waals surface area contributed by atoms with Crippen LogP contribution in [0.5, 0.6) is 0 Å². The summed E-state index contributed by atoms with van der Waals surface area (Å²) in [6.07, 6.45) is -0.217. The second-order valence-electron chi connectivity index (χ2n) is 5.03. The molecule has 1 heterocycles. The van der Waals surface area contributed by atoms with Crippen LogP contribution in [0.25, 0.3) is 16.6 Å². The molecule has 1 aromatic heterocycles. The third kappa shape index (κ3) is 2.96. The molecule has 116 valence electrons. The number of halogens is 1. The number of fused-ring (bicyclic) bond motifs is 1. The van der Waals surface area contributed by atoms with Crippen molar-refractivity contribution < 1.29 is 14.3 Å². The molecule has 3 rings (SSSR count). The summed E-state index contributed by atoms with van der Waals surface area (Å²) >= 11 is 0. The zero-order valence-electron chi connectivity index (χ0n) is 12.0. The molecule has 0 aliphatic rings. The molecule has 2 aromatic carbocycles. The third-order valence-corrected chi connectivity index (χ3v) is 3.48. The van der Waals surface area contributed by atoms with Gasteiger partial charge in [0.25, 0.3) is 5.56 Å². The molecule has 0 fully saturated rings. The van der Waals surface area contributed by atoms with Gasteiger partial charge >= 0.3 is 0 Å². The van der Waals surface area contributed by atoms with Crippen LogP contribution in [0.3, 0.4) is 0 Å². The molecule has 0 bridgehead atoms. The molecule has 0 spiro atoms. The van der Waals surface area contributed by atoms with Crippen LogP contribution < -0.4 is 10.7 Å². The quantitative estimate of drug-likeness (QED) is 0.726. The van der Waals surface area contributed by atoms with E-state index in [1.54, 1.807) is 24.3 Å². The van der Waals surface area contributed by atoms with Crippen LogP contribution in [0, 0.1) is 5.82 Å². The van der Waals surface area contributed by atoms with Gasteiger partial charge in [-0.1, -0.05) is 12.1 Å². The van der Waals surface area contributed by atoms with E-state index in [2.05, 4.69) is 4.98 Å². The lowest BCUT2D eigenvalue weighted by Gasteiger charge is -2.14. The molecule has 23 heavy (non-hydrogen) atoms. The molecule has 0 amide bonds. The van der Waals surface area contributed by atoms with Crippen LogP contribution in [-0.4, -0.2) is 15.5 Å². The highest BCUT2D eigenvalue weighted by molar-refractivity contribution is 5.78. The Morgan fingerprint density at radius 2 is 1.83 bits per heavy atom. The zero-order valence-corrected chi connectivity index (χ0v) is 12.0. The van der Waals surface area contributed by atoms with E-state index in [0.29, 0.717) is 22.4 Å². The van der Waals surface area contributed by atoms with Crippen LogP contribution in [0.1, 0.15) is 12.2 Å². The number of hydrogen-bond donors (Lipinski definition) is 0. The lowest BCUT2D eigenvalue weighted by atomic mass is 10.2. The fraction of sp³-hybridized carbons (Fsp3) is 0.118. The van der Waals surface area contributed by atoms with Crippen molar-refractivity contribution in [3.63, 3.8) is 0 Å². The Kier molecular flexibility index (Phi) is 3.89. The highest BCUT2D eigenvalue weighted by atomic mass is 19.1. The molecule has 3 aromatic rings. The zero-order chi connectivity index (χ0) is 16.4. The summed E-state index contributed by atoms with van der Waals surface area (Å²) in [5, 5.41) is 11.1. The van der Waals surface area contributed by atoms with Crippen LogP contribution in [0.15, 0.2) is 53.3 Å². The summed E-state index contributed by atoms with van der Waals surface area (Å²) in [5.41, 5.74) is 0.600. The highest BCUT2D eigenvalue weighted by Crippen LogP contribution is 2.14. The first-order valence-electron chi connectivity index (χ1n) is 7.03. The van der Waals surface area contributed by atoms with Gasteiger partial charge in [0, 0.05) is 12.4 Å². The Labute approximate surface area is 130 Å². The molecule has 0 aliphatic carbocycles. The number of carbonyl (C=O) groups is 1. The van der Waals surface area contributed by atoms with Crippen molar-refractivity contribution in [2.45, 2.75) is 12.8 Å². The summed E-state index contributed by atoms with van der Waals surface area (Å²) in [7, 11) is 0. The number of nitrogens with zero attached hydrogens (tertiary/aromatic N) is 2. The van der Waals surface area contributed by atoms with Crippen molar-refractivity contribution in [2.24, 2.45) is 0 Å². The molecule has 0 saturated heterocycles. The Bertz CT molecular complexity index is 933. The van der Waals surface area contributed by atoms with E-state index in [9.17, 15) is 19.1 Å². The number of hydrogen-bond acceptors (Lipinski definition) is 4. The standard InChI is InChI=1S/C17H13FN2O3/c18-11-5-7-12(8-6-11)20-15(9-10-16(21)22)19-14-4-2-1-3-13(14)17(20)23/h1-8H,9-10H2,(H,21,22)/p-1. The number of carboxylic acid groups (broad SMARTS) is 1. The molecule has 0 aliphatic heterocycles. The minimum absolute atomic E-state index is 0.0415. The van der Waals surface area contributed by atoms with E-state index in [-0.39, 0.29) is 18.4 Å². The van der Waals surface area contributed by atoms with Crippen molar-refractivity contribution in [2.75, 3.05) is 0 Å². The van der Waals surface area contributed by atoms with E-state index < -0.39 is 11.8 Å². The van der Waals surface area contributed by atoms with Gasteiger partial charge in [-0.3, -0.25) is 9.36 Å². The topological polar surface area (TPSA) is 75.0 Å². The average Bonchev–Trinajstić information content (AvgIpc) is 2.54. The number of rotatable bonds is 4. The van der Waals surface area contributed by atoms with Crippen molar-refractivity contribution in [3.05, 3.63) is 70.5 Å². The first-order chi connectivity index (χ1) is 11.1. The summed E-state index contributed by atoms with van der Waals surface area (Å²) < 4.78 is 14.4. The van der Waals surface area contributed by atoms with Crippen molar-refractivity contribution in [1.29, 1.82) is 0 Å². The van der Waals surface area contributed by atoms with Gasteiger partial charge in [-0.15, -0.1) is 0 Å². The number of aryl methyl sites for hydroxylation is 1. The van der Waals surface area contributed by atoms with Crippen LogP contribution in [-0.2, 0) is 11.2 Å². The second kappa shape index (κ2) is 6.00. The van der Waals surface area contributed by atoms with Gasteiger partial charge < -0.3 is 9.90 Å². The molecule has 0 atom stereocenters. The first-order valence-corrected chi connectivity index (χ1v) is 7.03. The summed E-state index contributed by atoms with van der Waals surface area (Å²) in [6.45, 7) is 0. The predicted molar refractivity (Wildman–Crippen MR) is 80.6 cm³/mol. The van der Waals surface area contributed by atoms with E-state index in [1.165, 1.54) is 28.8 Å². The van der Waals surface area contributed by atoms with Crippen LogP contribution in [0.2, 0.25) is 0 Å². The van der Waals surface area contributed by atoms with Gasteiger partial charge in [0.05, 0.1) is 16.6 Å². The molecule has 6 heteroatoms. The highest BCUT2D eigenvalue weighted by Gasteiger charge is 2.12. The Hall–Kier alpha value is -3.02. The van der Waals surface area contributed by atoms with Crippen LogP contribution >= 0.6 is 0 Å². The summed E-state index contributed by atoms with van der Waals surface area (Å²) in [4.78, 5) is 27.9. The van der Waals surface area contributed by atoms with Gasteiger partial charge in [0.15, 0.2) is 0 Å². The Balaban J connectivity index is 2.25. The van der Waals surface area contributed by atoms with E-state index in [4.69, 9.17) is 0 Å². The van der Waals surface area contributed by atoms with Gasteiger partial charge in [-0.05, 0) is 42.8 Å². The first kappa shape index (κ1) is 14.9. The number of carbonyl (C=O) groups excluding carboxylic acids is 1. The van der Waals surface area contributed by atoms with Crippen molar-refractivity contribution in [1.82, 2.24) is 9.55 Å². The van der Waals surface area contributed by atoms with E-state index in [0.717, 1.165) is 0 Å². The monoisotopic (exact) mass is 311 g/mol.